The Bertz CT molecular complexity index is 733. The molecule has 42 heavy (non-hydrogen) atoms. The molecule has 1 heterocycles. The molecule has 0 radical (unpaired) electrons. The van der Waals surface area contributed by atoms with E-state index in [2.05, 4.69) is 28.6 Å². The number of aliphatic hydroxyl groups excluding tert-OH is 7. The summed E-state index contributed by atoms with van der Waals surface area (Å²) in [7, 11) is 0. The number of hydrogen-bond donors (Lipinski definition) is 7. The molecule has 0 saturated carbocycles. The number of β-amino-alcohol motifs (C(OH)–C–C–N with tert-alkyl or cyclic N) is 2. The minimum Gasteiger partial charge on any atom is -0.547 e. The molecular formula is C31H60N2O9. The largest absolute Gasteiger partial charge is 0.547 e. The number of carboxylic acids is 1. The van der Waals surface area contributed by atoms with Crippen molar-refractivity contribution in [2.45, 2.75) is 134 Å². The van der Waals surface area contributed by atoms with E-state index < -0.39 is 37.0 Å². The Kier molecular flexibility index (Phi) is 24.9. The fourth-order valence-electron chi connectivity index (χ4n) is 4.91. The molecule has 7 N–H and O–H groups in total. The molecule has 1 rings (SSSR count). The highest BCUT2D eigenvalue weighted by Crippen LogP contribution is 2.13. The summed E-state index contributed by atoms with van der Waals surface area (Å²) in [4.78, 5) is 12.3. The Hall–Kier alpha value is -1.60. The number of carbonyl (C=O) groups is 1. The van der Waals surface area contributed by atoms with E-state index in [0.29, 0.717) is 6.54 Å². The molecule has 1 aliphatic rings. The summed E-state index contributed by atoms with van der Waals surface area (Å²) in [5, 5.41) is 72.4. The highest BCUT2D eigenvalue weighted by molar-refractivity contribution is 5.78. The first-order valence-corrected chi connectivity index (χ1v) is 15.9. The van der Waals surface area contributed by atoms with Gasteiger partial charge in [0.25, 0.3) is 0 Å². The number of unbranched alkanes of at least 4 members (excludes halogenated alkanes) is 11. The molecule has 0 amide bonds. The number of rotatable bonds is 24. The predicted octanol–water partition coefficient (Wildman–Crippen LogP) is 0.296. The Morgan fingerprint density at radius 3 is 1.93 bits per heavy atom. The molecule has 0 bridgehead atoms. The standard InChI is InChI=1S/C25H49N2O2.C6H12O7/c1-3-4-5-6-7-8-9-10-11-12-13-14-15-16-17-18-25-26(21-22-28)19-20-27(25)23-24(2)29;7-1-2(8)3(9)4(10)5(11)6(12)13/h10-11,24,28-29H,3-9,12-23H2,1-2H3;2-5,7-11H,1H2,(H,12,13)/q+1;/p-1/b11-10-;/t;2-,3-,4+,5-/m.1/s1. The van der Waals surface area contributed by atoms with Crippen molar-refractivity contribution < 1.29 is 50.2 Å². The highest BCUT2D eigenvalue weighted by atomic mass is 16.4. The quantitative estimate of drug-likeness (QED) is 0.0459. The zero-order valence-electron chi connectivity index (χ0n) is 26.0. The lowest BCUT2D eigenvalue weighted by molar-refractivity contribution is -0.527. The van der Waals surface area contributed by atoms with Crippen molar-refractivity contribution in [3.05, 3.63) is 12.2 Å². The summed E-state index contributed by atoms with van der Waals surface area (Å²) in [5.41, 5.74) is 0. The predicted molar refractivity (Wildman–Crippen MR) is 161 cm³/mol. The van der Waals surface area contributed by atoms with Crippen LogP contribution in [-0.2, 0) is 4.79 Å². The van der Waals surface area contributed by atoms with Crippen LogP contribution in [0.3, 0.4) is 0 Å². The lowest BCUT2D eigenvalue weighted by atomic mass is 10.0. The summed E-state index contributed by atoms with van der Waals surface area (Å²) in [5.74, 6) is -0.644. The second kappa shape index (κ2) is 25.9. The molecule has 0 spiro atoms. The van der Waals surface area contributed by atoms with Crippen LogP contribution in [0.4, 0.5) is 0 Å². The fraction of sp³-hybridized carbons (Fsp3) is 0.871. The molecule has 1 unspecified atom stereocenters. The normalized spacial score (nSPS) is 17.2. The third kappa shape index (κ3) is 18.8. The Morgan fingerprint density at radius 1 is 0.881 bits per heavy atom. The molecule has 0 aliphatic carbocycles. The van der Waals surface area contributed by atoms with Crippen molar-refractivity contribution in [1.82, 2.24) is 4.90 Å². The van der Waals surface area contributed by atoms with E-state index in [9.17, 15) is 20.1 Å². The van der Waals surface area contributed by atoms with Crippen LogP contribution in [0.15, 0.2) is 12.2 Å². The van der Waals surface area contributed by atoms with Crippen molar-refractivity contribution in [1.29, 1.82) is 0 Å². The highest BCUT2D eigenvalue weighted by Gasteiger charge is 2.31. The molecule has 11 nitrogen and oxygen atoms in total. The van der Waals surface area contributed by atoms with Gasteiger partial charge in [-0.1, -0.05) is 70.4 Å². The zero-order chi connectivity index (χ0) is 31.8. The van der Waals surface area contributed by atoms with Gasteiger partial charge in [0.05, 0.1) is 25.3 Å². The minimum atomic E-state index is -2.31. The topological polar surface area (TPSA) is 188 Å². The molecule has 5 atom stereocenters. The van der Waals surface area contributed by atoms with Gasteiger partial charge in [-0.05, 0) is 39.0 Å². The smallest absolute Gasteiger partial charge is 0.247 e. The molecule has 11 heteroatoms. The number of carboxylic acid groups (broad SMARTS) is 1. The van der Waals surface area contributed by atoms with Gasteiger partial charge in [-0.25, -0.2) is 0 Å². The SMILES string of the molecule is CCCCCCCC/C=C\CCCCCCCC1=[N+](CC(C)O)CCN1CCO.O=C([O-])[C@H](O)[C@@H](O)[C@H](O)[C@H](O)CO. The van der Waals surface area contributed by atoms with Crippen molar-refractivity contribution in [2.75, 3.05) is 39.4 Å². The first kappa shape index (κ1) is 40.4. The molecule has 0 saturated heterocycles. The lowest BCUT2D eigenvalue weighted by Gasteiger charge is -2.25. The molecule has 0 fully saturated rings. The van der Waals surface area contributed by atoms with E-state index in [0.717, 1.165) is 26.1 Å². The van der Waals surface area contributed by atoms with Crippen LogP contribution in [0.5, 0.6) is 0 Å². The van der Waals surface area contributed by atoms with Crippen molar-refractivity contribution >= 4 is 11.8 Å². The fourth-order valence-corrected chi connectivity index (χ4v) is 4.91. The number of carbonyl (C=O) groups excluding carboxylic acids is 1. The number of amidine groups is 1. The van der Waals surface area contributed by atoms with E-state index in [1.165, 1.54) is 89.3 Å². The second-order valence-electron chi connectivity index (χ2n) is 11.3. The Balaban J connectivity index is 0.00000108. The van der Waals surface area contributed by atoms with E-state index >= 15 is 0 Å². The van der Waals surface area contributed by atoms with Gasteiger partial charge in [0.2, 0.25) is 5.84 Å². The summed E-state index contributed by atoms with van der Waals surface area (Å²) in [6, 6.07) is 0. The number of aliphatic carboxylic acids is 1. The monoisotopic (exact) mass is 604 g/mol. The first-order valence-electron chi connectivity index (χ1n) is 15.9. The number of aliphatic hydroxyl groups is 7. The van der Waals surface area contributed by atoms with E-state index in [1.807, 2.05) is 6.92 Å². The molecule has 0 aromatic carbocycles. The van der Waals surface area contributed by atoms with Crippen molar-refractivity contribution in [3.63, 3.8) is 0 Å². The van der Waals surface area contributed by atoms with Gasteiger partial charge in [0.1, 0.15) is 50.6 Å². The van der Waals surface area contributed by atoms with Crippen LogP contribution in [0.2, 0.25) is 0 Å². The summed E-state index contributed by atoms with van der Waals surface area (Å²) in [6.45, 7) is 6.86. The molecular weight excluding hydrogens is 544 g/mol. The van der Waals surface area contributed by atoms with Gasteiger partial charge in [-0.15, -0.1) is 0 Å². The zero-order valence-corrected chi connectivity index (χ0v) is 26.0. The summed E-state index contributed by atoms with van der Waals surface area (Å²) >= 11 is 0. The van der Waals surface area contributed by atoms with E-state index in [4.69, 9.17) is 25.5 Å². The first-order chi connectivity index (χ1) is 20.1. The average molecular weight is 605 g/mol. The van der Waals surface area contributed by atoms with Crippen LogP contribution in [0.25, 0.3) is 0 Å². The van der Waals surface area contributed by atoms with Crippen molar-refractivity contribution in [3.8, 4) is 0 Å². The Morgan fingerprint density at radius 2 is 1.43 bits per heavy atom. The molecule has 248 valence electrons. The van der Waals surface area contributed by atoms with Gasteiger partial charge < -0.3 is 45.6 Å². The van der Waals surface area contributed by atoms with Crippen LogP contribution in [0, 0.1) is 0 Å². The second-order valence-corrected chi connectivity index (χ2v) is 11.3. The Labute approximate surface area is 252 Å². The third-order valence-electron chi connectivity index (χ3n) is 7.38. The number of hydrogen-bond acceptors (Lipinski definition) is 10. The summed E-state index contributed by atoms with van der Waals surface area (Å²) < 4.78 is 2.31. The van der Waals surface area contributed by atoms with Crippen LogP contribution in [0.1, 0.15) is 104 Å². The van der Waals surface area contributed by atoms with Crippen LogP contribution in [-0.4, -0.2) is 127 Å². The number of allylic oxidation sites excluding steroid dienone is 2. The molecule has 1 aliphatic heterocycles. The van der Waals surface area contributed by atoms with Gasteiger partial charge in [-0.3, -0.25) is 9.48 Å². The minimum absolute atomic E-state index is 0.207. The van der Waals surface area contributed by atoms with Crippen LogP contribution >= 0.6 is 0 Å². The van der Waals surface area contributed by atoms with Gasteiger partial charge in [0.15, 0.2) is 0 Å². The van der Waals surface area contributed by atoms with E-state index in [1.54, 1.807) is 0 Å². The van der Waals surface area contributed by atoms with Gasteiger partial charge in [-0.2, -0.15) is 0 Å². The average Bonchev–Trinajstić information content (AvgIpc) is 3.33. The van der Waals surface area contributed by atoms with Crippen molar-refractivity contribution in [2.24, 2.45) is 0 Å². The maximum absolute atomic E-state index is 9.98. The summed E-state index contributed by atoms with van der Waals surface area (Å²) in [6.07, 6.45) is 14.7. The maximum Gasteiger partial charge on any atom is 0.247 e. The third-order valence-corrected chi connectivity index (χ3v) is 7.38. The molecule has 0 aromatic heterocycles. The number of nitrogens with zero attached hydrogens (tertiary/aromatic N) is 2. The maximum atomic E-state index is 9.98. The lowest BCUT2D eigenvalue weighted by Crippen LogP contribution is -2.52. The molecule has 0 aromatic rings. The van der Waals surface area contributed by atoms with Crippen LogP contribution < -0.4 is 5.11 Å². The van der Waals surface area contributed by atoms with E-state index in [-0.39, 0.29) is 12.7 Å². The van der Waals surface area contributed by atoms with Gasteiger partial charge >= 0.3 is 0 Å². The van der Waals surface area contributed by atoms with Gasteiger partial charge in [0, 0.05) is 6.42 Å².